The number of hydrogen-bond acceptors (Lipinski definition) is 8. The van der Waals surface area contributed by atoms with Crippen LogP contribution in [0, 0.1) is 0 Å². The molecule has 2 aromatic carbocycles. The molecular formula is C24H27Cl2N6O2P. The minimum Gasteiger partial charge on any atom is -0.489 e. The van der Waals surface area contributed by atoms with E-state index in [0.717, 1.165) is 36.4 Å². The van der Waals surface area contributed by atoms with E-state index in [1.807, 2.05) is 36.4 Å². The molecule has 184 valence electrons. The summed E-state index contributed by atoms with van der Waals surface area (Å²) in [6, 6.07) is 11.5. The van der Waals surface area contributed by atoms with E-state index in [2.05, 4.69) is 37.4 Å². The maximum Gasteiger partial charge on any atom is 0.229 e. The Bertz CT molecular complexity index is 1320. The van der Waals surface area contributed by atoms with Crippen LogP contribution in [0.4, 0.5) is 28.8 Å². The van der Waals surface area contributed by atoms with Gasteiger partial charge in [0, 0.05) is 36.7 Å². The lowest BCUT2D eigenvalue weighted by atomic mass is 10.1. The number of nitrogens with one attached hydrogen (secondary N) is 2. The lowest BCUT2D eigenvalue weighted by molar-refractivity contribution is 0.188. The highest BCUT2D eigenvalue weighted by molar-refractivity contribution is 7.70. The van der Waals surface area contributed by atoms with Gasteiger partial charge in [0.25, 0.3) is 0 Å². The molecule has 0 bridgehead atoms. The predicted octanol–water partition coefficient (Wildman–Crippen LogP) is 5.03. The molecule has 0 unspecified atom stereocenters. The van der Waals surface area contributed by atoms with E-state index < -0.39 is 7.14 Å². The highest BCUT2D eigenvalue weighted by Gasteiger charge is 2.33. The van der Waals surface area contributed by atoms with Crippen molar-refractivity contribution in [2.45, 2.75) is 6.04 Å². The van der Waals surface area contributed by atoms with Gasteiger partial charge >= 0.3 is 0 Å². The fourth-order valence-electron chi connectivity index (χ4n) is 4.49. The molecule has 8 nitrogen and oxygen atoms in total. The Hall–Kier alpha value is -2.51. The van der Waals surface area contributed by atoms with Crippen LogP contribution >= 0.6 is 30.3 Å². The summed E-state index contributed by atoms with van der Waals surface area (Å²) in [6.07, 6.45) is 1.52. The van der Waals surface area contributed by atoms with E-state index in [0.29, 0.717) is 39.8 Å². The van der Waals surface area contributed by atoms with E-state index in [9.17, 15) is 4.57 Å². The van der Waals surface area contributed by atoms with Gasteiger partial charge in [-0.2, -0.15) is 4.98 Å². The van der Waals surface area contributed by atoms with Gasteiger partial charge in [0.15, 0.2) is 5.82 Å². The quantitative estimate of drug-likeness (QED) is 0.442. The molecule has 35 heavy (non-hydrogen) atoms. The largest absolute Gasteiger partial charge is 0.489 e. The molecular weight excluding hydrogens is 506 g/mol. The summed E-state index contributed by atoms with van der Waals surface area (Å²) in [5.74, 6) is 1.49. The van der Waals surface area contributed by atoms with Crippen LogP contribution in [0.5, 0.6) is 5.75 Å². The number of likely N-dealkylation sites (N-methyl/N-ethyl adjacent to an activating group) is 1. The average Bonchev–Trinajstić information content (AvgIpc) is 2.80. The number of para-hydroxylation sites is 1. The van der Waals surface area contributed by atoms with Crippen LogP contribution in [0.2, 0.25) is 10.0 Å². The molecule has 2 aliphatic rings. The highest BCUT2D eigenvalue weighted by atomic mass is 35.5. The van der Waals surface area contributed by atoms with Crippen molar-refractivity contribution < 1.29 is 9.30 Å². The molecule has 1 aromatic heterocycles. The first-order chi connectivity index (χ1) is 16.7. The molecule has 0 aliphatic carbocycles. The maximum absolute atomic E-state index is 12.7. The molecule has 2 aliphatic heterocycles. The summed E-state index contributed by atoms with van der Waals surface area (Å²) >= 11 is 13.1. The number of hydrogen-bond donors (Lipinski definition) is 2. The van der Waals surface area contributed by atoms with Crippen LogP contribution < -0.4 is 25.6 Å². The Kier molecular flexibility index (Phi) is 6.57. The minimum atomic E-state index is -2.51. The van der Waals surface area contributed by atoms with Gasteiger partial charge in [-0.25, -0.2) is 4.98 Å². The zero-order valence-corrected chi connectivity index (χ0v) is 22.2. The van der Waals surface area contributed by atoms with Crippen molar-refractivity contribution in [2.24, 2.45) is 0 Å². The second kappa shape index (κ2) is 9.51. The normalized spacial score (nSPS) is 17.9. The summed E-state index contributed by atoms with van der Waals surface area (Å²) in [7, 11) is -0.382. The summed E-state index contributed by atoms with van der Waals surface area (Å²) in [6.45, 7) is 6.90. The summed E-state index contributed by atoms with van der Waals surface area (Å²) < 4.78 is 18.8. The van der Waals surface area contributed by atoms with Gasteiger partial charge in [-0.3, -0.25) is 0 Å². The van der Waals surface area contributed by atoms with Crippen molar-refractivity contribution in [3.05, 3.63) is 52.6 Å². The topological polar surface area (TPSA) is 82.6 Å². The van der Waals surface area contributed by atoms with Gasteiger partial charge in [0.1, 0.15) is 24.5 Å². The lowest BCUT2D eigenvalue weighted by Crippen LogP contribution is -2.56. The van der Waals surface area contributed by atoms with Crippen LogP contribution in [-0.2, 0) is 4.57 Å². The van der Waals surface area contributed by atoms with E-state index in [1.54, 1.807) is 13.3 Å². The van der Waals surface area contributed by atoms with Crippen molar-refractivity contribution >= 4 is 64.5 Å². The number of benzene rings is 2. The first-order valence-electron chi connectivity index (χ1n) is 11.3. The number of anilines is 5. The van der Waals surface area contributed by atoms with E-state index in [-0.39, 0.29) is 6.04 Å². The van der Waals surface area contributed by atoms with Crippen LogP contribution in [0.3, 0.4) is 0 Å². The molecule has 11 heteroatoms. The summed E-state index contributed by atoms with van der Waals surface area (Å²) in [4.78, 5) is 13.5. The highest BCUT2D eigenvalue weighted by Crippen LogP contribution is 2.43. The van der Waals surface area contributed by atoms with Crippen LogP contribution in [0.15, 0.2) is 42.6 Å². The molecule has 1 saturated heterocycles. The van der Waals surface area contributed by atoms with Gasteiger partial charge in [-0.15, -0.1) is 0 Å². The number of aromatic nitrogens is 2. The number of ether oxygens (including phenoxy) is 1. The van der Waals surface area contributed by atoms with Crippen molar-refractivity contribution in [2.75, 3.05) is 62.2 Å². The van der Waals surface area contributed by atoms with Crippen molar-refractivity contribution in [1.29, 1.82) is 0 Å². The Morgan fingerprint density at radius 2 is 1.91 bits per heavy atom. The van der Waals surface area contributed by atoms with Crippen molar-refractivity contribution in [3.63, 3.8) is 0 Å². The van der Waals surface area contributed by atoms with Gasteiger partial charge in [-0.1, -0.05) is 35.3 Å². The molecule has 0 spiro atoms. The third-order valence-electron chi connectivity index (χ3n) is 6.17. The molecule has 3 aromatic rings. The molecule has 0 saturated carbocycles. The molecule has 2 N–H and O–H groups in total. The molecule has 0 radical (unpaired) electrons. The standard InChI is InChI=1S/C24H27Cl2N6O2P/c1-31-8-9-32-16(13-31)14-34-20-11-15(10-17(25)22(20)32)28-24-27-12-18(26)23(30-24)29-19-6-4-5-7-21(19)35(2,3)33/h4-7,10-12,16H,8-9,13-14H2,1-3H3,(H2,27,28,29,30)/t16-/m1/s1. The Balaban J connectivity index is 1.40. The van der Waals surface area contributed by atoms with Crippen molar-refractivity contribution in [3.8, 4) is 5.75 Å². The second-order valence-corrected chi connectivity index (χ2v) is 13.2. The molecule has 0 amide bonds. The van der Waals surface area contributed by atoms with Crippen molar-refractivity contribution in [1.82, 2.24) is 14.9 Å². The average molecular weight is 533 g/mol. The number of halogens is 2. The fourth-order valence-corrected chi connectivity index (χ4v) is 6.10. The Morgan fingerprint density at radius 1 is 1.11 bits per heavy atom. The molecule has 1 fully saturated rings. The van der Waals surface area contributed by atoms with Gasteiger partial charge < -0.3 is 29.7 Å². The van der Waals surface area contributed by atoms with Gasteiger partial charge in [0.05, 0.1) is 28.6 Å². The SMILES string of the molecule is CN1CCN2c3c(Cl)cc(Nc4ncc(Cl)c(Nc5ccccc5P(C)(C)=O)n4)cc3OC[C@H]2C1. The number of fused-ring (bicyclic) bond motifs is 3. The fraction of sp³-hybridized carbons (Fsp3) is 0.333. The Labute approximate surface area is 215 Å². The first kappa shape index (κ1) is 24.2. The minimum absolute atomic E-state index is 0.287. The van der Waals surface area contributed by atoms with Gasteiger partial charge in [0.2, 0.25) is 5.95 Å². The Morgan fingerprint density at radius 3 is 2.71 bits per heavy atom. The van der Waals surface area contributed by atoms with Crippen LogP contribution in [0.25, 0.3) is 0 Å². The smallest absolute Gasteiger partial charge is 0.229 e. The first-order valence-corrected chi connectivity index (χ1v) is 14.7. The zero-order valence-electron chi connectivity index (χ0n) is 19.8. The van der Waals surface area contributed by atoms with Gasteiger partial charge in [-0.05, 0) is 38.6 Å². The molecule has 1 atom stereocenters. The third kappa shape index (κ3) is 5.07. The number of rotatable bonds is 5. The third-order valence-corrected chi connectivity index (χ3v) is 8.29. The van der Waals surface area contributed by atoms with E-state index in [4.69, 9.17) is 27.9 Å². The predicted molar refractivity (Wildman–Crippen MR) is 145 cm³/mol. The maximum atomic E-state index is 12.7. The number of piperazine rings is 1. The molecule has 5 rings (SSSR count). The number of nitrogens with zero attached hydrogens (tertiary/aromatic N) is 4. The summed E-state index contributed by atoms with van der Waals surface area (Å²) in [5.41, 5.74) is 2.34. The van der Waals surface area contributed by atoms with E-state index in [1.165, 1.54) is 6.20 Å². The monoisotopic (exact) mass is 532 g/mol. The zero-order chi connectivity index (χ0) is 24.7. The lowest BCUT2D eigenvalue weighted by Gasteiger charge is -2.45. The van der Waals surface area contributed by atoms with Crippen LogP contribution in [-0.4, -0.2) is 67.5 Å². The second-order valence-electron chi connectivity index (χ2n) is 9.23. The van der Waals surface area contributed by atoms with Crippen LogP contribution in [0.1, 0.15) is 0 Å². The van der Waals surface area contributed by atoms with E-state index >= 15 is 0 Å². The summed E-state index contributed by atoms with van der Waals surface area (Å²) in [5, 5.41) is 8.11. The molecule has 3 heterocycles.